The van der Waals surface area contributed by atoms with Crippen molar-refractivity contribution in [1.29, 1.82) is 0 Å². The zero-order valence-electron chi connectivity index (χ0n) is 11.4. The van der Waals surface area contributed by atoms with Gasteiger partial charge in [-0.1, -0.05) is 3.89 Å². The molecule has 1 unspecified atom stereocenters. The third kappa shape index (κ3) is 4.77. The van der Waals surface area contributed by atoms with Gasteiger partial charge in [0, 0.05) is 11.8 Å². The molecule has 0 saturated carbocycles. The number of nitrogens with zero attached hydrogens (tertiary/aromatic N) is 2. The minimum Gasteiger partial charge on any atom is -0.263 e. The smallest absolute Gasteiger partial charge is 0.263 e. The van der Waals surface area contributed by atoms with Crippen molar-refractivity contribution >= 4 is 10.2 Å². The van der Waals surface area contributed by atoms with E-state index < -0.39 is 52.2 Å². The van der Waals surface area contributed by atoms with E-state index in [2.05, 4.69) is 20.4 Å². The molecule has 0 aliphatic rings. The second kappa shape index (κ2) is 6.73. The highest BCUT2D eigenvalue weighted by Gasteiger charge is 2.69. The van der Waals surface area contributed by atoms with Crippen LogP contribution in [0.2, 0.25) is 0 Å². The number of ether oxygens (including phenoxy) is 1. The number of hydrogen-bond acceptors (Lipinski definition) is 6. The Bertz CT molecular complexity index is 700. The lowest BCUT2D eigenvalue weighted by molar-refractivity contribution is -0.456. The van der Waals surface area contributed by atoms with Gasteiger partial charge in [0.05, 0.1) is 0 Å². The third-order valence-electron chi connectivity index (χ3n) is 2.13. The van der Waals surface area contributed by atoms with Crippen LogP contribution in [0, 0.1) is 4.91 Å². The van der Waals surface area contributed by atoms with Crippen molar-refractivity contribution in [3.63, 3.8) is 0 Å². The fourth-order valence-corrected chi connectivity index (χ4v) is 1.36. The SMILES string of the molecule is CC(F)(F)C(F)(F)OC(F)(c1nc(S(=O)(=O)F)n[nH]1)C(F)(F)F.[NH2+]=O. The van der Waals surface area contributed by atoms with Crippen molar-refractivity contribution in [2.24, 2.45) is 0 Å². The second-order valence-electron chi connectivity index (χ2n) is 4.00. The summed E-state index contributed by atoms with van der Waals surface area (Å²) in [7, 11) is -5.84. The van der Waals surface area contributed by atoms with Crippen molar-refractivity contribution < 1.29 is 57.8 Å². The van der Waals surface area contributed by atoms with Gasteiger partial charge in [-0.15, -0.1) is 5.10 Å². The molecule has 1 atom stereocenters. The molecule has 1 aromatic rings. The van der Waals surface area contributed by atoms with E-state index in [9.17, 15) is 47.4 Å². The topological polar surface area (TPSA) is 128 Å². The van der Waals surface area contributed by atoms with Gasteiger partial charge in [-0.05, 0) is 5.59 Å². The zero-order valence-corrected chi connectivity index (χ0v) is 12.2. The number of alkyl halides is 8. The van der Waals surface area contributed by atoms with Gasteiger partial charge < -0.3 is 0 Å². The summed E-state index contributed by atoms with van der Waals surface area (Å²) in [5.74, 6) is -13.4. The van der Waals surface area contributed by atoms with E-state index in [1.54, 1.807) is 0 Å². The molecular formula is C7H6F9N4O4S+. The summed E-state index contributed by atoms with van der Waals surface area (Å²) in [5, 5.41) is 1.12. The molecule has 0 radical (unpaired) electrons. The minimum atomic E-state index is -6.43. The van der Waals surface area contributed by atoms with Crippen LogP contribution in [-0.4, -0.2) is 41.8 Å². The molecular weight excluding hydrogens is 407 g/mol. The van der Waals surface area contributed by atoms with Crippen LogP contribution in [0.15, 0.2) is 5.16 Å². The number of halogens is 9. The summed E-state index contributed by atoms with van der Waals surface area (Å²) < 4.78 is 138. The highest BCUT2D eigenvalue weighted by Crippen LogP contribution is 2.48. The first kappa shape index (κ1) is 23.0. The number of aromatic amines is 1. The van der Waals surface area contributed by atoms with E-state index in [0.717, 1.165) is 5.10 Å². The standard InChI is InChI=1S/C7H4F9N3O3S.H2NO/c1-4(8,9)7(14,15)22-5(10,6(11,12)13)2-17-3(19-18-2)23(16,20)21;1-2/h1H3,(H,17,18,19);1H2/q;+1. The predicted octanol–water partition coefficient (Wildman–Crippen LogP) is 0.924. The van der Waals surface area contributed by atoms with Crippen LogP contribution >= 0.6 is 0 Å². The number of nitroso groups, excluding NO2 is 1. The van der Waals surface area contributed by atoms with Crippen molar-refractivity contribution in [2.75, 3.05) is 0 Å². The Balaban J connectivity index is 0.00000277. The number of rotatable bonds is 5. The maximum absolute atomic E-state index is 13.8. The third-order valence-corrected chi connectivity index (χ3v) is 2.75. The number of hydrogen-bond donors (Lipinski definition) is 2. The second-order valence-corrected chi connectivity index (χ2v) is 5.25. The molecule has 0 aliphatic heterocycles. The van der Waals surface area contributed by atoms with Crippen LogP contribution in [0.1, 0.15) is 12.7 Å². The van der Waals surface area contributed by atoms with Gasteiger partial charge in [-0.25, -0.2) is 0 Å². The summed E-state index contributed by atoms with van der Waals surface area (Å²) >= 11 is 0. The molecule has 1 heterocycles. The molecule has 1 aromatic heterocycles. The fourth-order valence-electron chi connectivity index (χ4n) is 1.01. The van der Waals surface area contributed by atoms with Crippen LogP contribution < -0.4 is 5.59 Å². The fraction of sp³-hybridized carbons (Fsp3) is 0.714. The Morgan fingerprint density at radius 2 is 1.48 bits per heavy atom. The Kier molecular flexibility index (Phi) is 6.20. The average molecular weight is 413 g/mol. The molecule has 0 aliphatic carbocycles. The number of aromatic nitrogens is 3. The van der Waals surface area contributed by atoms with E-state index in [4.69, 9.17) is 4.91 Å². The molecule has 18 heteroatoms. The Morgan fingerprint density at radius 3 is 1.76 bits per heavy atom. The predicted molar refractivity (Wildman–Crippen MR) is 55.5 cm³/mol. The largest absolute Gasteiger partial charge is 0.456 e. The van der Waals surface area contributed by atoms with Gasteiger partial charge in [0.1, 0.15) is 0 Å². The Labute approximate surface area is 131 Å². The maximum Gasteiger partial charge on any atom is 0.456 e. The van der Waals surface area contributed by atoms with Crippen LogP contribution in [-0.2, 0) is 20.8 Å². The van der Waals surface area contributed by atoms with Crippen molar-refractivity contribution in [2.45, 2.75) is 36.1 Å². The van der Waals surface area contributed by atoms with E-state index in [1.807, 2.05) is 0 Å². The van der Waals surface area contributed by atoms with Gasteiger partial charge in [0.2, 0.25) is 5.82 Å². The molecule has 0 bridgehead atoms. The van der Waals surface area contributed by atoms with Crippen LogP contribution in [0.4, 0.5) is 39.0 Å². The molecule has 146 valence electrons. The lowest BCUT2D eigenvalue weighted by Gasteiger charge is -2.31. The lowest BCUT2D eigenvalue weighted by atomic mass is 10.2. The van der Waals surface area contributed by atoms with Gasteiger partial charge >= 0.3 is 34.3 Å². The summed E-state index contributed by atoms with van der Waals surface area (Å²) in [4.78, 5) is 9.91. The summed E-state index contributed by atoms with van der Waals surface area (Å²) in [6, 6.07) is 0. The van der Waals surface area contributed by atoms with E-state index in [1.165, 1.54) is 0 Å². The summed E-state index contributed by atoms with van der Waals surface area (Å²) in [6.45, 7) is -0.568. The van der Waals surface area contributed by atoms with Crippen LogP contribution in [0.25, 0.3) is 0 Å². The van der Waals surface area contributed by atoms with Crippen molar-refractivity contribution in [3.05, 3.63) is 10.7 Å². The summed E-state index contributed by atoms with van der Waals surface area (Å²) in [6.07, 6.45) is -12.4. The first-order valence-electron chi connectivity index (χ1n) is 5.24. The quantitative estimate of drug-likeness (QED) is 0.546. The molecule has 1 rings (SSSR count). The van der Waals surface area contributed by atoms with Crippen LogP contribution in [0.3, 0.4) is 0 Å². The molecule has 0 aromatic carbocycles. The Morgan fingerprint density at radius 1 is 1.04 bits per heavy atom. The average Bonchev–Trinajstić information content (AvgIpc) is 2.87. The van der Waals surface area contributed by atoms with Crippen molar-refractivity contribution in [3.8, 4) is 0 Å². The first-order valence-corrected chi connectivity index (χ1v) is 6.63. The van der Waals surface area contributed by atoms with Gasteiger partial charge in [-0.3, -0.25) is 9.84 Å². The molecule has 0 saturated heterocycles. The molecule has 25 heavy (non-hydrogen) atoms. The summed E-state index contributed by atoms with van der Waals surface area (Å²) in [5.41, 5.74) is 3.25. The first-order chi connectivity index (χ1) is 10.9. The molecule has 0 spiro atoms. The zero-order chi connectivity index (χ0) is 20.5. The highest BCUT2D eigenvalue weighted by atomic mass is 32.3. The molecule has 0 fully saturated rings. The van der Waals surface area contributed by atoms with Gasteiger partial charge in [0.15, 0.2) is 0 Å². The van der Waals surface area contributed by atoms with E-state index >= 15 is 0 Å². The van der Waals surface area contributed by atoms with Gasteiger partial charge in [-0.2, -0.15) is 48.5 Å². The number of nitrogens with one attached hydrogen (secondary N) is 1. The number of H-pyrrole nitrogens is 1. The highest BCUT2D eigenvalue weighted by molar-refractivity contribution is 7.86. The van der Waals surface area contributed by atoms with Gasteiger partial charge in [0.25, 0.3) is 5.16 Å². The molecule has 8 nitrogen and oxygen atoms in total. The monoisotopic (exact) mass is 413 g/mol. The van der Waals surface area contributed by atoms with Crippen LogP contribution in [0.5, 0.6) is 0 Å². The number of nitrogens with two attached hydrogens (primary N) is 1. The molecule has 0 amide bonds. The van der Waals surface area contributed by atoms with Crippen molar-refractivity contribution in [1.82, 2.24) is 15.2 Å². The minimum absolute atomic E-state index is 0.568. The normalized spacial score (nSPS) is 15.9. The van der Waals surface area contributed by atoms with E-state index in [-0.39, 0.29) is 0 Å². The Hall–Kier alpha value is -1.98. The lowest BCUT2D eigenvalue weighted by Crippen LogP contribution is -2.52. The molecule has 3 N–H and O–H groups in total. The maximum atomic E-state index is 13.8. The van der Waals surface area contributed by atoms with E-state index in [0.29, 0.717) is 0 Å².